The van der Waals surface area contributed by atoms with Crippen molar-refractivity contribution in [2.24, 2.45) is 52.8 Å². The van der Waals surface area contributed by atoms with Gasteiger partial charge in [-0.1, -0.05) is 62.6 Å². The highest BCUT2D eigenvalue weighted by Gasteiger charge is 2.84. The van der Waals surface area contributed by atoms with Gasteiger partial charge in [0.25, 0.3) is 5.91 Å². The summed E-state index contributed by atoms with van der Waals surface area (Å²) in [5, 5.41) is 2.97. The molecule has 2 saturated heterocycles. The molecule has 1 aromatic rings. The van der Waals surface area contributed by atoms with E-state index >= 15 is 4.79 Å². The van der Waals surface area contributed by atoms with Crippen LogP contribution >= 0.6 is 0 Å². The van der Waals surface area contributed by atoms with Crippen LogP contribution in [0.1, 0.15) is 66.9 Å². The summed E-state index contributed by atoms with van der Waals surface area (Å²) in [6.45, 7) is 15.0. The van der Waals surface area contributed by atoms with Crippen LogP contribution in [0, 0.1) is 52.8 Å². The molecule has 1 N–H and O–H groups in total. The van der Waals surface area contributed by atoms with E-state index in [-0.39, 0.29) is 36.1 Å². The van der Waals surface area contributed by atoms with E-state index in [9.17, 15) is 9.59 Å². The van der Waals surface area contributed by atoms with Gasteiger partial charge in [-0.15, -0.1) is 0 Å². The second-order valence-electron chi connectivity index (χ2n) is 15.3. The number of benzene rings is 1. The molecule has 0 aromatic heterocycles. The van der Waals surface area contributed by atoms with Gasteiger partial charge in [0.1, 0.15) is 11.9 Å². The van der Waals surface area contributed by atoms with Crippen molar-refractivity contribution in [3.05, 3.63) is 52.6 Å². The predicted molar refractivity (Wildman–Crippen MR) is 159 cm³/mol. The van der Waals surface area contributed by atoms with Gasteiger partial charge in [0.2, 0.25) is 11.3 Å². The first-order valence-corrected chi connectivity index (χ1v) is 16.2. The van der Waals surface area contributed by atoms with Crippen LogP contribution in [0.2, 0.25) is 0 Å². The summed E-state index contributed by atoms with van der Waals surface area (Å²) in [7, 11) is 0. The molecule has 4 heterocycles. The molecule has 4 aliphatic carbocycles. The molecule has 228 valence electrons. The van der Waals surface area contributed by atoms with Crippen LogP contribution in [0.3, 0.4) is 0 Å². The molecule has 4 aliphatic heterocycles. The molecule has 7 nitrogen and oxygen atoms in total. The Kier molecular flexibility index (Phi) is 5.53. The zero-order chi connectivity index (χ0) is 30.4. The molecule has 13 atom stereocenters. The van der Waals surface area contributed by atoms with Crippen LogP contribution in [-0.2, 0) is 30.3 Å². The number of ether oxygens (including phenoxy) is 3. The number of hydrogen-bond donors (Lipinski definition) is 1. The highest BCUT2D eigenvalue weighted by molar-refractivity contribution is 6.17. The Bertz CT molecular complexity index is 1530. The Morgan fingerprint density at radius 1 is 1.05 bits per heavy atom. The van der Waals surface area contributed by atoms with Crippen molar-refractivity contribution in [1.29, 1.82) is 0 Å². The van der Waals surface area contributed by atoms with Gasteiger partial charge in [-0.25, -0.2) is 0 Å². The number of nitrogens with one attached hydrogen (secondary N) is 1. The van der Waals surface area contributed by atoms with E-state index in [2.05, 4.69) is 52.9 Å². The van der Waals surface area contributed by atoms with Crippen LogP contribution in [-0.4, -0.2) is 41.2 Å². The average molecular weight is 586 g/mol. The standard InChI is InChI=1S/C36H43NO6/c1-16-12-17(2)25-24(13-16)26-20(5)28-19(4)18(3)14-34(28,7)29-27(26)30(25)41-23-10-8-22(9-11-23)15-35(42-21(6)38)32-36(43-32,31(29)39)33(40)37-35/h8-11,14,16-17,19,24-27,29-30,32H,12-13,15H2,1-7H3,(H,37,40)/t16-,17+,19-,24-,25-,26-,27+,29-,30-,32+,34-,35-,36+/m1/s1. The first kappa shape index (κ1) is 27.6. The number of ketones is 1. The molecule has 1 aromatic carbocycles. The smallest absolute Gasteiger partial charge is 0.304 e. The summed E-state index contributed by atoms with van der Waals surface area (Å²) in [5.41, 5.74) is 1.18. The van der Waals surface area contributed by atoms with Crippen LogP contribution in [0.15, 0.2) is 47.1 Å². The molecule has 8 aliphatic rings. The molecular weight excluding hydrogens is 542 g/mol. The number of fused-ring (bicyclic) bond motifs is 5. The minimum Gasteiger partial charge on any atom is -0.490 e. The fraction of sp³-hybridized carbons (Fsp3) is 0.639. The van der Waals surface area contributed by atoms with Crippen molar-refractivity contribution >= 4 is 17.7 Å². The van der Waals surface area contributed by atoms with Gasteiger partial charge in [-0.2, -0.15) is 0 Å². The summed E-state index contributed by atoms with van der Waals surface area (Å²) in [5.74, 6) is 1.11. The maximum atomic E-state index is 15.4. The molecule has 0 radical (unpaired) electrons. The van der Waals surface area contributed by atoms with Gasteiger partial charge in [0.05, 0.1) is 0 Å². The Balaban J connectivity index is 1.38. The molecular formula is C36H43NO6. The second-order valence-corrected chi connectivity index (χ2v) is 15.3. The molecule has 2 saturated carbocycles. The summed E-state index contributed by atoms with van der Waals surface area (Å²) in [6, 6.07) is 7.92. The maximum Gasteiger partial charge on any atom is 0.304 e. The number of morpholine rings is 1. The topological polar surface area (TPSA) is 94.2 Å². The van der Waals surface area contributed by atoms with Crippen molar-refractivity contribution < 1.29 is 28.6 Å². The normalized spacial score (nSPS) is 48.9. The maximum absolute atomic E-state index is 15.4. The fourth-order valence-corrected chi connectivity index (χ4v) is 11.5. The monoisotopic (exact) mass is 585 g/mol. The Morgan fingerprint density at radius 2 is 1.77 bits per heavy atom. The molecule has 7 heteroatoms. The predicted octanol–water partition coefficient (Wildman–Crippen LogP) is 5.18. The lowest BCUT2D eigenvalue weighted by Gasteiger charge is -2.49. The first-order valence-electron chi connectivity index (χ1n) is 16.2. The third-order valence-electron chi connectivity index (χ3n) is 12.8. The number of allylic oxidation sites excluding steroid dienone is 4. The number of carbonyl (C=O) groups is 3. The summed E-state index contributed by atoms with van der Waals surface area (Å²) in [6.07, 6.45) is 3.70. The van der Waals surface area contributed by atoms with E-state index in [1.54, 1.807) is 0 Å². The molecule has 4 fully saturated rings. The first-order chi connectivity index (χ1) is 20.3. The van der Waals surface area contributed by atoms with E-state index in [1.807, 2.05) is 24.3 Å². The average Bonchev–Trinajstić information content (AvgIpc) is 3.48. The Hall–Kier alpha value is -2.93. The van der Waals surface area contributed by atoms with E-state index < -0.39 is 40.6 Å². The zero-order valence-electron chi connectivity index (χ0n) is 26.2. The van der Waals surface area contributed by atoms with Crippen molar-refractivity contribution in [2.45, 2.75) is 91.3 Å². The number of amides is 1. The minimum absolute atomic E-state index is 0.116. The number of hydrogen-bond acceptors (Lipinski definition) is 6. The number of rotatable bonds is 1. The van der Waals surface area contributed by atoms with Crippen LogP contribution in [0.4, 0.5) is 0 Å². The molecule has 9 rings (SSSR count). The number of Topliss-reactive ketones (excluding diaryl/α,β-unsaturated/α-hetero) is 1. The zero-order valence-corrected chi connectivity index (χ0v) is 26.2. The van der Waals surface area contributed by atoms with Crippen LogP contribution in [0.5, 0.6) is 5.75 Å². The lowest BCUT2D eigenvalue weighted by molar-refractivity contribution is -0.165. The van der Waals surface area contributed by atoms with Crippen molar-refractivity contribution in [3.8, 4) is 5.75 Å². The van der Waals surface area contributed by atoms with E-state index in [4.69, 9.17) is 14.2 Å². The van der Waals surface area contributed by atoms with Crippen molar-refractivity contribution in [1.82, 2.24) is 5.32 Å². The SMILES string of the molecule is CC(=O)O[C@]12Cc3ccc(cc3)O[C@@H]3[C@H]4[C@@H](C[C@H](C)C[C@@H]4C)[C@H]4C(C)=C5[C@H](C)C(C)=C[C@@]5(C)[C@@H](C(=O)[C@@]5(O[C@H]51)C(=O)N2)[C@@H]34. The van der Waals surface area contributed by atoms with Gasteiger partial charge in [-0.05, 0) is 74.0 Å². The lowest BCUT2D eigenvalue weighted by Crippen LogP contribution is -2.55. The number of epoxide rings is 1. The highest BCUT2D eigenvalue weighted by atomic mass is 16.7. The van der Waals surface area contributed by atoms with E-state index in [0.29, 0.717) is 23.7 Å². The summed E-state index contributed by atoms with van der Waals surface area (Å²) >= 11 is 0. The third kappa shape index (κ3) is 3.38. The van der Waals surface area contributed by atoms with Crippen LogP contribution in [0.25, 0.3) is 0 Å². The van der Waals surface area contributed by atoms with E-state index in [0.717, 1.165) is 24.2 Å². The molecule has 43 heavy (non-hydrogen) atoms. The molecule has 0 unspecified atom stereocenters. The van der Waals surface area contributed by atoms with Crippen LogP contribution < -0.4 is 10.1 Å². The van der Waals surface area contributed by atoms with Gasteiger partial charge in [0, 0.05) is 36.5 Å². The van der Waals surface area contributed by atoms with Gasteiger partial charge in [-0.3, -0.25) is 14.4 Å². The van der Waals surface area contributed by atoms with Gasteiger partial charge >= 0.3 is 5.97 Å². The van der Waals surface area contributed by atoms with Crippen molar-refractivity contribution in [3.63, 3.8) is 0 Å². The fourth-order valence-electron chi connectivity index (χ4n) is 11.5. The van der Waals surface area contributed by atoms with E-state index in [1.165, 1.54) is 23.6 Å². The summed E-state index contributed by atoms with van der Waals surface area (Å²) < 4.78 is 19.2. The summed E-state index contributed by atoms with van der Waals surface area (Å²) in [4.78, 5) is 41.8. The second kappa shape index (κ2) is 8.62. The molecule has 1 amide bonds. The largest absolute Gasteiger partial charge is 0.490 e. The Morgan fingerprint density at radius 3 is 2.44 bits per heavy atom. The van der Waals surface area contributed by atoms with Gasteiger partial charge < -0.3 is 19.5 Å². The van der Waals surface area contributed by atoms with Gasteiger partial charge in [0.15, 0.2) is 11.9 Å². The number of carbonyl (C=O) groups excluding carboxylic acids is 3. The van der Waals surface area contributed by atoms with Crippen molar-refractivity contribution in [2.75, 3.05) is 0 Å². The quantitative estimate of drug-likeness (QED) is 0.211. The Labute approximate surface area is 253 Å². The minimum atomic E-state index is -1.68. The third-order valence-corrected chi connectivity index (χ3v) is 12.8. The number of esters is 1. The molecule has 0 spiro atoms. The lowest BCUT2D eigenvalue weighted by atomic mass is 9.53. The highest BCUT2D eigenvalue weighted by Crippen LogP contribution is 2.69. The molecule has 4 bridgehead atoms.